The molecule has 6 aromatic carbocycles. The first kappa shape index (κ1) is 23.6. The number of benzene rings is 6. The quantitative estimate of drug-likeness (QED) is 0.211. The molecule has 2 heterocycles. The van der Waals surface area contributed by atoms with Gasteiger partial charge in [0, 0.05) is 32.9 Å². The molecule has 8 aromatic rings. The van der Waals surface area contributed by atoms with Gasteiger partial charge in [0.25, 0.3) is 0 Å². The molecular formula is C40H30N2. The number of para-hydroxylation sites is 4. The Labute approximate surface area is 245 Å². The van der Waals surface area contributed by atoms with Crippen molar-refractivity contribution in [3.8, 4) is 11.4 Å². The van der Waals surface area contributed by atoms with Crippen LogP contribution < -0.4 is 0 Å². The van der Waals surface area contributed by atoms with Gasteiger partial charge in [0.1, 0.15) is 0 Å². The second-order valence-corrected chi connectivity index (χ2v) is 11.7. The van der Waals surface area contributed by atoms with E-state index in [1.165, 1.54) is 79.0 Å². The number of fused-ring (bicyclic) bond motifs is 6. The smallest absolute Gasteiger partial charge is 0.0541 e. The standard InChI is InChI=1S/C40H30N2/c1-5-13-37-33(9-1)34-10-2-6-14-38(34)41(37)29-21-17-27(18-22-29)31-25-26-32(31)28-19-23-30(24-20-28)42-39-15-7-3-11-35(39)36-12-4-8-16-40(36)42/h1-24,31-32H,25-26H2. The van der Waals surface area contributed by atoms with Crippen molar-refractivity contribution in [1.29, 1.82) is 0 Å². The van der Waals surface area contributed by atoms with Crippen LogP contribution in [0.4, 0.5) is 0 Å². The summed E-state index contributed by atoms with van der Waals surface area (Å²) in [5.41, 5.74) is 10.4. The number of aromatic nitrogens is 2. The van der Waals surface area contributed by atoms with Crippen LogP contribution in [-0.2, 0) is 0 Å². The Morgan fingerprint density at radius 2 is 0.619 bits per heavy atom. The minimum absolute atomic E-state index is 0.566. The van der Waals surface area contributed by atoms with Crippen LogP contribution in [0.25, 0.3) is 55.0 Å². The number of hydrogen-bond donors (Lipinski definition) is 0. The zero-order valence-electron chi connectivity index (χ0n) is 23.3. The topological polar surface area (TPSA) is 9.86 Å². The van der Waals surface area contributed by atoms with Crippen LogP contribution in [0.15, 0.2) is 146 Å². The van der Waals surface area contributed by atoms with E-state index in [9.17, 15) is 0 Å². The number of hydrogen-bond acceptors (Lipinski definition) is 0. The molecule has 2 heteroatoms. The van der Waals surface area contributed by atoms with Gasteiger partial charge >= 0.3 is 0 Å². The third kappa shape index (κ3) is 3.45. The average Bonchev–Trinajstić information content (AvgIpc) is 3.55. The van der Waals surface area contributed by atoms with Gasteiger partial charge in [-0.25, -0.2) is 0 Å². The number of nitrogens with zero attached hydrogens (tertiary/aromatic N) is 2. The molecule has 2 aromatic heterocycles. The van der Waals surface area contributed by atoms with E-state index in [-0.39, 0.29) is 0 Å². The lowest BCUT2D eigenvalue weighted by molar-refractivity contribution is 0.346. The van der Waals surface area contributed by atoms with E-state index < -0.39 is 0 Å². The summed E-state index contributed by atoms with van der Waals surface area (Å²) >= 11 is 0. The van der Waals surface area contributed by atoms with E-state index in [1.807, 2.05) is 0 Å². The van der Waals surface area contributed by atoms with Crippen LogP contribution in [0.3, 0.4) is 0 Å². The fourth-order valence-electron chi connectivity index (χ4n) is 7.44. The van der Waals surface area contributed by atoms with E-state index in [0.717, 1.165) is 0 Å². The van der Waals surface area contributed by atoms with Crippen molar-refractivity contribution in [1.82, 2.24) is 9.13 Å². The summed E-state index contributed by atoms with van der Waals surface area (Å²) in [7, 11) is 0. The molecule has 9 rings (SSSR count). The van der Waals surface area contributed by atoms with Gasteiger partial charge in [0.15, 0.2) is 0 Å². The minimum Gasteiger partial charge on any atom is -0.309 e. The molecule has 2 unspecified atom stereocenters. The van der Waals surface area contributed by atoms with E-state index in [4.69, 9.17) is 0 Å². The monoisotopic (exact) mass is 538 g/mol. The predicted octanol–water partition coefficient (Wildman–Crippen LogP) is 10.5. The lowest BCUT2D eigenvalue weighted by Crippen LogP contribution is -2.21. The van der Waals surface area contributed by atoms with Gasteiger partial charge in [-0.3, -0.25) is 0 Å². The fourth-order valence-corrected chi connectivity index (χ4v) is 7.44. The zero-order chi connectivity index (χ0) is 27.6. The second kappa shape index (κ2) is 9.22. The third-order valence-corrected chi connectivity index (χ3v) is 9.59. The predicted molar refractivity (Wildman–Crippen MR) is 176 cm³/mol. The van der Waals surface area contributed by atoms with Crippen LogP contribution in [-0.4, -0.2) is 9.13 Å². The summed E-state index contributed by atoms with van der Waals surface area (Å²) in [6, 6.07) is 53.6. The molecule has 1 fully saturated rings. The molecule has 0 bridgehead atoms. The Kier molecular flexibility index (Phi) is 5.18. The summed E-state index contributed by atoms with van der Waals surface area (Å²) < 4.78 is 4.81. The Bertz CT molecular complexity index is 1980. The highest BCUT2D eigenvalue weighted by molar-refractivity contribution is 6.10. The highest BCUT2D eigenvalue weighted by atomic mass is 15.0. The normalized spacial score (nSPS) is 16.9. The van der Waals surface area contributed by atoms with Crippen molar-refractivity contribution in [3.05, 3.63) is 157 Å². The molecular weight excluding hydrogens is 508 g/mol. The van der Waals surface area contributed by atoms with Crippen molar-refractivity contribution >= 4 is 43.6 Å². The fraction of sp³-hybridized carbons (Fsp3) is 0.100. The first-order valence-electron chi connectivity index (χ1n) is 15.0. The average molecular weight is 539 g/mol. The largest absolute Gasteiger partial charge is 0.309 e. The van der Waals surface area contributed by atoms with Gasteiger partial charge in [-0.05, 0) is 84.3 Å². The van der Waals surface area contributed by atoms with Crippen LogP contribution in [0.5, 0.6) is 0 Å². The first-order valence-corrected chi connectivity index (χ1v) is 15.0. The summed E-state index contributed by atoms with van der Waals surface area (Å²) in [5, 5.41) is 5.22. The molecule has 0 N–H and O–H groups in total. The molecule has 42 heavy (non-hydrogen) atoms. The Morgan fingerprint density at radius 1 is 0.333 bits per heavy atom. The molecule has 200 valence electrons. The Morgan fingerprint density at radius 3 is 0.905 bits per heavy atom. The van der Waals surface area contributed by atoms with Gasteiger partial charge in [-0.2, -0.15) is 0 Å². The van der Waals surface area contributed by atoms with E-state index >= 15 is 0 Å². The molecule has 0 radical (unpaired) electrons. The van der Waals surface area contributed by atoms with Gasteiger partial charge in [0.2, 0.25) is 0 Å². The van der Waals surface area contributed by atoms with Crippen molar-refractivity contribution in [2.45, 2.75) is 24.7 Å². The highest BCUT2D eigenvalue weighted by Gasteiger charge is 2.33. The zero-order valence-corrected chi connectivity index (χ0v) is 23.3. The minimum atomic E-state index is 0.566. The maximum absolute atomic E-state index is 2.40. The van der Waals surface area contributed by atoms with Crippen molar-refractivity contribution < 1.29 is 0 Å². The molecule has 2 atom stereocenters. The lowest BCUT2D eigenvalue weighted by Gasteiger charge is -2.37. The van der Waals surface area contributed by atoms with Crippen molar-refractivity contribution in [2.24, 2.45) is 0 Å². The first-order chi connectivity index (χ1) is 20.8. The Balaban J connectivity index is 1.03. The van der Waals surface area contributed by atoms with Gasteiger partial charge in [0.05, 0.1) is 22.1 Å². The highest BCUT2D eigenvalue weighted by Crippen LogP contribution is 2.49. The second-order valence-electron chi connectivity index (χ2n) is 11.7. The van der Waals surface area contributed by atoms with Crippen LogP contribution >= 0.6 is 0 Å². The molecule has 0 aliphatic heterocycles. The van der Waals surface area contributed by atoms with Crippen molar-refractivity contribution in [2.75, 3.05) is 0 Å². The summed E-state index contributed by atoms with van der Waals surface area (Å²) in [6.07, 6.45) is 2.49. The van der Waals surface area contributed by atoms with Gasteiger partial charge in [-0.15, -0.1) is 0 Å². The molecule has 0 amide bonds. The van der Waals surface area contributed by atoms with E-state index in [2.05, 4.69) is 155 Å². The maximum atomic E-state index is 2.40. The molecule has 1 aliphatic carbocycles. The number of rotatable bonds is 4. The SMILES string of the molecule is c1ccc2c(c1)c1ccccc1n2-c1ccc(C2CCC2c2ccc(-n3c4ccccc4c4ccccc43)cc2)cc1. The van der Waals surface area contributed by atoms with Crippen LogP contribution in [0.2, 0.25) is 0 Å². The van der Waals surface area contributed by atoms with E-state index in [1.54, 1.807) is 0 Å². The third-order valence-electron chi connectivity index (χ3n) is 9.59. The summed E-state index contributed by atoms with van der Waals surface area (Å²) in [4.78, 5) is 0. The molecule has 2 nitrogen and oxygen atoms in total. The van der Waals surface area contributed by atoms with Gasteiger partial charge in [-0.1, -0.05) is 97.1 Å². The molecule has 1 saturated carbocycles. The van der Waals surface area contributed by atoms with E-state index in [0.29, 0.717) is 11.8 Å². The lowest BCUT2D eigenvalue weighted by atomic mass is 9.67. The maximum Gasteiger partial charge on any atom is 0.0541 e. The summed E-state index contributed by atoms with van der Waals surface area (Å²) in [6.45, 7) is 0. The Hall–Kier alpha value is -5.08. The van der Waals surface area contributed by atoms with Crippen molar-refractivity contribution in [3.63, 3.8) is 0 Å². The van der Waals surface area contributed by atoms with Crippen LogP contribution in [0, 0.1) is 0 Å². The molecule has 0 spiro atoms. The summed E-state index contributed by atoms with van der Waals surface area (Å²) in [5.74, 6) is 1.13. The van der Waals surface area contributed by atoms with Crippen LogP contribution in [0.1, 0.15) is 35.8 Å². The molecule has 1 aliphatic rings. The molecule has 0 saturated heterocycles. The van der Waals surface area contributed by atoms with Gasteiger partial charge < -0.3 is 9.13 Å².